The molecule has 0 amide bonds. The number of aryl methyl sites for hydroxylation is 1. The number of rotatable bonds is 2. The SMILES string of the molecule is Cc1ccc(-n2c(-c3ccccc3Br)nc3ccccc3c2=O)cc1F. The minimum atomic E-state index is -0.361. The summed E-state index contributed by atoms with van der Waals surface area (Å²) in [5.41, 5.74) is 2.10. The van der Waals surface area contributed by atoms with Crippen LogP contribution in [0.5, 0.6) is 0 Å². The van der Waals surface area contributed by atoms with Gasteiger partial charge in [0.05, 0.1) is 16.6 Å². The number of nitrogens with zero attached hydrogens (tertiary/aromatic N) is 2. The van der Waals surface area contributed by atoms with Gasteiger partial charge in [-0.2, -0.15) is 0 Å². The molecule has 0 saturated heterocycles. The molecule has 4 aromatic rings. The van der Waals surface area contributed by atoms with Crippen molar-refractivity contribution in [1.82, 2.24) is 9.55 Å². The van der Waals surface area contributed by atoms with Crippen LogP contribution in [0.2, 0.25) is 0 Å². The van der Waals surface area contributed by atoms with Crippen molar-refractivity contribution in [2.75, 3.05) is 0 Å². The van der Waals surface area contributed by atoms with Gasteiger partial charge >= 0.3 is 0 Å². The van der Waals surface area contributed by atoms with E-state index in [1.54, 1.807) is 37.3 Å². The Labute approximate surface area is 157 Å². The zero-order chi connectivity index (χ0) is 18.3. The summed E-state index contributed by atoms with van der Waals surface area (Å²) in [6, 6.07) is 19.5. The molecule has 1 aromatic heterocycles. The third kappa shape index (κ3) is 2.74. The number of aromatic nitrogens is 2. The largest absolute Gasteiger partial charge is 0.268 e. The van der Waals surface area contributed by atoms with E-state index in [0.717, 1.165) is 10.0 Å². The smallest absolute Gasteiger partial charge is 0.266 e. The molecular formula is C21H14BrFN2O. The van der Waals surface area contributed by atoms with E-state index in [1.807, 2.05) is 30.3 Å². The number of halogens is 2. The van der Waals surface area contributed by atoms with Crippen LogP contribution in [-0.4, -0.2) is 9.55 Å². The van der Waals surface area contributed by atoms with Gasteiger partial charge in [-0.25, -0.2) is 9.37 Å². The molecule has 0 fully saturated rings. The number of para-hydroxylation sites is 1. The molecule has 0 aliphatic rings. The van der Waals surface area contributed by atoms with Crippen LogP contribution >= 0.6 is 15.9 Å². The minimum Gasteiger partial charge on any atom is -0.268 e. The minimum absolute atomic E-state index is 0.232. The molecule has 26 heavy (non-hydrogen) atoms. The summed E-state index contributed by atoms with van der Waals surface area (Å²) in [7, 11) is 0. The highest BCUT2D eigenvalue weighted by Crippen LogP contribution is 2.29. The molecule has 0 saturated carbocycles. The van der Waals surface area contributed by atoms with Crippen LogP contribution in [-0.2, 0) is 0 Å². The molecule has 0 aliphatic carbocycles. The second kappa shape index (κ2) is 6.50. The standard InChI is InChI=1S/C21H14BrFN2O/c1-13-10-11-14(12-18(13)23)25-20(15-6-2-4-8-17(15)22)24-19-9-5-3-7-16(19)21(25)26/h2-12H,1H3. The fraction of sp³-hybridized carbons (Fsp3) is 0.0476. The Morgan fingerprint density at radius 3 is 2.50 bits per heavy atom. The van der Waals surface area contributed by atoms with E-state index < -0.39 is 0 Å². The van der Waals surface area contributed by atoms with Crippen LogP contribution in [0.1, 0.15) is 5.56 Å². The molecule has 0 spiro atoms. The van der Waals surface area contributed by atoms with Crippen molar-refractivity contribution in [2.24, 2.45) is 0 Å². The van der Waals surface area contributed by atoms with Gasteiger partial charge in [-0.3, -0.25) is 9.36 Å². The maximum absolute atomic E-state index is 14.2. The molecule has 0 N–H and O–H groups in total. The van der Waals surface area contributed by atoms with Gasteiger partial charge in [0, 0.05) is 10.0 Å². The summed E-state index contributed by atoms with van der Waals surface area (Å²) < 4.78 is 16.5. The molecule has 4 rings (SSSR count). The Morgan fingerprint density at radius 1 is 1.00 bits per heavy atom. The third-order valence-electron chi connectivity index (χ3n) is 4.30. The third-order valence-corrected chi connectivity index (χ3v) is 5.00. The van der Waals surface area contributed by atoms with E-state index in [9.17, 15) is 9.18 Å². The predicted octanol–water partition coefficient (Wildman–Crippen LogP) is 5.26. The fourth-order valence-corrected chi connectivity index (χ4v) is 3.38. The molecule has 0 bridgehead atoms. The van der Waals surface area contributed by atoms with E-state index >= 15 is 0 Å². The Balaban J connectivity index is 2.14. The number of fused-ring (bicyclic) bond motifs is 1. The van der Waals surface area contributed by atoms with E-state index in [1.165, 1.54) is 10.6 Å². The topological polar surface area (TPSA) is 34.9 Å². The lowest BCUT2D eigenvalue weighted by Gasteiger charge is -2.15. The van der Waals surface area contributed by atoms with Crippen LogP contribution < -0.4 is 5.56 Å². The Hall–Kier alpha value is -2.79. The fourth-order valence-electron chi connectivity index (χ4n) is 2.92. The lowest BCUT2D eigenvalue weighted by Crippen LogP contribution is -2.22. The van der Waals surface area contributed by atoms with Gasteiger partial charge in [0.25, 0.3) is 5.56 Å². The van der Waals surface area contributed by atoms with Crippen LogP contribution in [0.25, 0.3) is 28.0 Å². The second-order valence-electron chi connectivity index (χ2n) is 6.01. The van der Waals surface area contributed by atoms with Gasteiger partial charge in [-0.05, 0) is 42.8 Å². The zero-order valence-corrected chi connectivity index (χ0v) is 15.5. The molecule has 0 aliphatic heterocycles. The van der Waals surface area contributed by atoms with Gasteiger partial charge in [0.15, 0.2) is 0 Å². The van der Waals surface area contributed by atoms with Gasteiger partial charge < -0.3 is 0 Å². The average Bonchev–Trinajstić information content (AvgIpc) is 2.65. The maximum atomic E-state index is 14.2. The lowest BCUT2D eigenvalue weighted by molar-refractivity contribution is 0.617. The first-order chi connectivity index (χ1) is 12.6. The van der Waals surface area contributed by atoms with Crippen LogP contribution in [0, 0.1) is 12.7 Å². The summed E-state index contributed by atoms with van der Waals surface area (Å²) in [6.45, 7) is 1.69. The van der Waals surface area contributed by atoms with Crippen LogP contribution in [0.3, 0.4) is 0 Å². The first kappa shape index (κ1) is 16.7. The highest BCUT2D eigenvalue weighted by atomic mass is 79.9. The van der Waals surface area contributed by atoms with Crippen molar-refractivity contribution >= 4 is 26.8 Å². The quantitative estimate of drug-likeness (QED) is 0.453. The molecule has 3 nitrogen and oxygen atoms in total. The van der Waals surface area contributed by atoms with Crippen molar-refractivity contribution in [3.05, 3.63) is 92.9 Å². The van der Waals surface area contributed by atoms with Gasteiger partial charge in [-0.15, -0.1) is 0 Å². The zero-order valence-electron chi connectivity index (χ0n) is 13.9. The van der Waals surface area contributed by atoms with Crippen molar-refractivity contribution in [1.29, 1.82) is 0 Å². The molecule has 1 heterocycles. The van der Waals surface area contributed by atoms with Crippen LogP contribution in [0.4, 0.5) is 4.39 Å². The van der Waals surface area contributed by atoms with Crippen molar-refractivity contribution < 1.29 is 4.39 Å². The predicted molar refractivity (Wildman–Crippen MR) is 105 cm³/mol. The first-order valence-electron chi connectivity index (χ1n) is 8.09. The van der Waals surface area contributed by atoms with E-state index in [0.29, 0.717) is 28.0 Å². The monoisotopic (exact) mass is 408 g/mol. The van der Waals surface area contributed by atoms with Gasteiger partial charge in [-0.1, -0.05) is 52.3 Å². The molecule has 0 atom stereocenters. The van der Waals surface area contributed by atoms with E-state index in [-0.39, 0.29) is 11.4 Å². The van der Waals surface area contributed by atoms with Gasteiger partial charge in [0.2, 0.25) is 0 Å². The highest BCUT2D eigenvalue weighted by molar-refractivity contribution is 9.10. The average molecular weight is 409 g/mol. The normalized spacial score (nSPS) is 11.0. The Bertz CT molecular complexity index is 1200. The van der Waals surface area contributed by atoms with E-state index in [2.05, 4.69) is 15.9 Å². The number of benzene rings is 3. The summed E-state index contributed by atoms with van der Waals surface area (Å²) in [4.78, 5) is 17.9. The number of hydrogen-bond acceptors (Lipinski definition) is 2. The van der Waals surface area contributed by atoms with Crippen molar-refractivity contribution in [3.8, 4) is 17.1 Å². The first-order valence-corrected chi connectivity index (χ1v) is 8.89. The van der Waals surface area contributed by atoms with Crippen molar-refractivity contribution in [2.45, 2.75) is 6.92 Å². The summed E-state index contributed by atoms with van der Waals surface area (Å²) in [5.74, 6) is 0.102. The van der Waals surface area contributed by atoms with Gasteiger partial charge in [0.1, 0.15) is 11.6 Å². The van der Waals surface area contributed by atoms with Crippen LogP contribution in [0.15, 0.2) is 76.0 Å². The molecule has 3 aromatic carbocycles. The summed E-state index contributed by atoms with van der Waals surface area (Å²) in [6.07, 6.45) is 0. The summed E-state index contributed by atoms with van der Waals surface area (Å²) in [5, 5.41) is 0.490. The molecule has 5 heteroatoms. The maximum Gasteiger partial charge on any atom is 0.266 e. The van der Waals surface area contributed by atoms with Crippen molar-refractivity contribution in [3.63, 3.8) is 0 Å². The Morgan fingerprint density at radius 2 is 1.73 bits per heavy atom. The van der Waals surface area contributed by atoms with E-state index in [4.69, 9.17) is 4.98 Å². The molecule has 128 valence electrons. The summed E-state index contributed by atoms with van der Waals surface area (Å²) >= 11 is 3.52. The molecular weight excluding hydrogens is 395 g/mol. The molecule has 0 unspecified atom stereocenters. The number of hydrogen-bond donors (Lipinski definition) is 0. The lowest BCUT2D eigenvalue weighted by atomic mass is 10.1. The highest BCUT2D eigenvalue weighted by Gasteiger charge is 2.16. The Kier molecular flexibility index (Phi) is 4.17. The molecule has 0 radical (unpaired) electrons. The second-order valence-corrected chi connectivity index (χ2v) is 6.86.